The fraction of sp³-hybridized carbons (Fsp3) is 0.824. The molecule has 8 heteroatoms. The van der Waals surface area contributed by atoms with Crippen molar-refractivity contribution < 1.29 is 13.6 Å². The summed E-state index contributed by atoms with van der Waals surface area (Å²) < 4.78 is 28.2. The Morgan fingerprint density at radius 1 is 1.24 bits per heavy atom. The van der Waals surface area contributed by atoms with Gasteiger partial charge in [0, 0.05) is 25.0 Å². The summed E-state index contributed by atoms with van der Waals surface area (Å²) in [6, 6.07) is -1.03. The average molecular weight is 353 g/mol. The molecule has 0 radical (unpaired) electrons. The Morgan fingerprint density at radius 2 is 2.04 bits per heavy atom. The van der Waals surface area contributed by atoms with E-state index in [0.717, 1.165) is 45.1 Å². The van der Waals surface area contributed by atoms with Crippen molar-refractivity contribution in [3.63, 3.8) is 0 Å². The summed E-state index contributed by atoms with van der Waals surface area (Å²) in [5.41, 5.74) is 0. The molecule has 1 aliphatic carbocycles. The second kappa shape index (κ2) is 6.88. The van der Waals surface area contributed by atoms with E-state index in [2.05, 4.69) is 15.4 Å². The quantitative estimate of drug-likeness (QED) is 0.908. The Labute approximate surface area is 146 Å². The first-order valence-electron chi connectivity index (χ1n) is 9.36. The summed E-state index contributed by atoms with van der Waals surface area (Å²) >= 11 is 0. The highest BCUT2D eigenvalue weighted by atomic mass is 19.3. The standard InChI is InChI=1S/C17H25F2N5O/c18-15(19)14-8-13(22-17-20-10-21-24(14)17)12-6-3-7-23(9-12)16(25)11-4-1-2-5-11/h10-15H,1-9H2,(H,20,21,22)/t12?,13-,14+/m0/s1. The van der Waals surface area contributed by atoms with Crippen LogP contribution in [0.3, 0.4) is 0 Å². The number of hydrogen-bond donors (Lipinski definition) is 1. The van der Waals surface area contributed by atoms with E-state index in [1.165, 1.54) is 11.0 Å². The van der Waals surface area contributed by atoms with Crippen molar-refractivity contribution >= 4 is 11.9 Å². The van der Waals surface area contributed by atoms with E-state index in [0.29, 0.717) is 18.9 Å². The van der Waals surface area contributed by atoms with Gasteiger partial charge in [0.1, 0.15) is 12.4 Å². The minimum Gasteiger partial charge on any atom is -0.351 e. The van der Waals surface area contributed by atoms with Crippen molar-refractivity contribution in [1.82, 2.24) is 19.7 Å². The molecular weight excluding hydrogens is 328 g/mol. The van der Waals surface area contributed by atoms with Gasteiger partial charge in [-0.2, -0.15) is 10.1 Å². The smallest absolute Gasteiger partial charge is 0.260 e. The number of alkyl halides is 2. The van der Waals surface area contributed by atoms with Crippen molar-refractivity contribution in [3.05, 3.63) is 6.33 Å². The van der Waals surface area contributed by atoms with Gasteiger partial charge < -0.3 is 10.2 Å². The Kier molecular flexibility index (Phi) is 4.60. The molecule has 1 saturated heterocycles. The summed E-state index contributed by atoms with van der Waals surface area (Å²) in [6.45, 7) is 1.46. The Morgan fingerprint density at radius 3 is 2.80 bits per heavy atom. The van der Waals surface area contributed by atoms with Gasteiger partial charge in [-0.25, -0.2) is 13.5 Å². The van der Waals surface area contributed by atoms with Crippen LogP contribution in [0, 0.1) is 11.8 Å². The van der Waals surface area contributed by atoms with Gasteiger partial charge >= 0.3 is 0 Å². The third-order valence-corrected chi connectivity index (χ3v) is 6.03. The lowest BCUT2D eigenvalue weighted by Crippen LogP contribution is -2.49. The Balaban J connectivity index is 1.45. The third-order valence-electron chi connectivity index (χ3n) is 6.03. The van der Waals surface area contributed by atoms with E-state index in [-0.39, 0.29) is 23.8 Å². The lowest BCUT2D eigenvalue weighted by Gasteiger charge is -2.41. The number of nitrogens with zero attached hydrogens (tertiary/aromatic N) is 4. The Bertz CT molecular complexity index is 616. The van der Waals surface area contributed by atoms with Gasteiger partial charge in [-0.3, -0.25) is 4.79 Å². The fourth-order valence-corrected chi connectivity index (χ4v) is 4.67. The summed E-state index contributed by atoms with van der Waals surface area (Å²) in [4.78, 5) is 18.8. The number of piperidine rings is 1. The van der Waals surface area contributed by atoms with Gasteiger partial charge in [0.25, 0.3) is 6.43 Å². The predicted molar refractivity (Wildman–Crippen MR) is 88.4 cm³/mol. The SMILES string of the molecule is O=C(C1CCCC1)N1CCCC([C@@H]2C[C@H](C(F)F)n3ncnc3N2)C1. The molecule has 1 amide bonds. The Hall–Kier alpha value is -1.73. The monoisotopic (exact) mass is 353 g/mol. The van der Waals surface area contributed by atoms with Crippen LogP contribution in [-0.2, 0) is 4.79 Å². The second-order valence-corrected chi connectivity index (χ2v) is 7.58. The number of carbonyl (C=O) groups is 1. The average Bonchev–Trinajstić information content (AvgIpc) is 3.31. The van der Waals surface area contributed by atoms with E-state index < -0.39 is 12.5 Å². The zero-order chi connectivity index (χ0) is 17.4. The van der Waals surface area contributed by atoms with Crippen molar-refractivity contribution in [2.24, 2.45) is 11.8 Å². The summed E-state index contributed by atoms with van der Waals surface area (Å²) in [6.07, 6.45) is 5.35. The molecule has 1 aromatic rings. The highest BCUT2D eigenvalue weighted by Crippen LogP contribution is 2.36. The third kappa shape index (κ3) is 3.22. The van der Waals surface area contributed by atoms with E-state index >= 15 is 0 Å². The van der Waals surface area contributed by atoms with E-state index in [9.17, 15) is 13.6 Å². The lowest BCUT2D eigenvalue weighted by molar-refractivity contribution is -0.137. The van der Waals surface area contributed by atoms with E-state index in [1.807, 2.05) is 4.90 Å². The molecule has 6 nitrogen and oxygen atoms in total. The number of nitrogens with one attached hydrogen (secondary N) is 1. The number of carbonyl (C=O) groups excluding carboxylic acids is 1. The molecule has 4 rings (SSSR count). The molecule has 3 heterocycles. The first-order valence-corrected chi connectivity index (χ1v) is 9.36. The molecule has 1 aromatic heterocycles. The molecule has 1 saturated carbocycles. The highest BCUT2D eigenvalue weighted by molar-refractivity contribution is 5.79. The number of halogens is 2. The normalized spacial score (nSPS) is 30.4. The van der Waals surface area contributed by atoms with Crippen molar-refractivity contribution in [2.75, 3.05) is 18.4 Å². The van der Waals surface area contributed by atoms with Crippen LogP contribution in [-0.4, -0.2) is 51.1 Å². The molecule has 138 valence electrons. The number of likely N-dealkylation sites (tertiary alicyclic amines) is 1. The highest BCUT2D eigenvalue weighted by Gasteiger charge is 2.39. The summed E-state index contributed by atoms with van der Waals surface area (Å²) in [5.74, 6) is 1.05. The van der Waals surface area contributed by atoms with Gasteiger partial charge in [-0.05, 0) is 38.0 Å². The number of fused-ring (bicyclic) bond motifs is 1. The molecule has 1 N–H and O–H groups in total. The van der Waals surface area contributed by atoms with Crippen molar-refractivity contribution in [3.8, 4) is 0 Å². The van der Waals surface area contributed by atoms with Crippen LogP contribution in [0.2, 0.25) is 0 Å². The molecule has 2 fully saturated rings. The van der Waals surface area contributed by atoms with Crippen LogP contribution in [0.25, 0.3) is 0 Å². The maximum atomic E-state index is 13.4. The van der Waals surface area contributed by atoms with Crippen molar-refractivity contribution in [1.29, 1.82) is 0 Å². The molecule has 3 aliphatic rings. The predicted octanol–water partition coefficient (Wildman–Crippen LogP) is 2.70. The van der Waals surface area contributed by atoms with E-state index in [1.54, 1.807) is 0 Å². The molecule has 3 atom stereocenters. The molecule has 25 heavy (non-hydrogen) atoms. The van der Waals surface area contributed by atoms with Gasteiger partial charge in [-0.15, -0.1) is 0 Å². The first kappa shape index (κ1) is 16.7. The molecular formula is C17H25F2N5O. The van der Waals surface area contributed by atoms with Crippen LogP contribution < -0.4 is 5.32 Å². The number of aromatic nitrogens is 3. The van der Waals surface area contributed by atoms with Gasteiger partial charge in [-0.1, -0.05) is 12.8 Å². The number of amides is 1. The number of hydrogen-bond acceptors (Lipinski definition) is 4. The van der Waals surface area contributed by atoms with Gasteiger partial charge in [0.2, 0.25) is 11.9 Å². The van der Waals surface area contributed by atoms with Crippen LogP contribution in [0.5, 0.6) is 0 Å². The first-order chi connectivity index (χ1) is 12.1. The minimum absolute atomic E-state index is 0.0881. The zero-order valence-corrected chi connectivity index (χ0v) is 14.3. The molecule has 2 aliphatic heterocycles. The van der Waals surface area contributed by atoms with Crippen molar-refractivity contribution in [2.45, 2.75) is 63.5 Å². The number of rotatable bonds is 3. The topological polar surface area (TPSA) is 63.1 Å². The molecule has 0 bridgehead atoms. The lowest BCUT2D eigenvalue weighted by atomic mass is 9.85. The maximum absolute atomic E-state index is 13.4. The molecule has 1 unspecified atom stereocenters. The van der Waals surface area contributed by atoms with Gasteiger partial charge in [0.05, 0.1) is 0 Å². The van der Waals surface area contributed by atoms with Crippen LogP contribution in [0.4, 0.5) is 14.7 Å². The minimum atomic E-state index is -2.47. The number of anilines is 1. The summed E-state index contributed by atoms with van der Waals surface area (Å²) in [7, 11) is 0. The summed E-state index contributed by atoms with van der Waals surface area (Å²) in [5, 5.41) is 7.21. The zero-order valence-electron chi connectivity index (χ0n) is 14.3. The molecule has 0 spiro atoms. The van der Waals surface area contributed by atoms with Crippen LogP contribution >= 0.6 is 0 Å². The maximum Gasteiger partial charge on any atom is 0.260 e. The molecule has 0 aromatic carbocycles. The van der Waals surface area contributed by atoms with Gasteiger partial charge in [0.15, 0.2) is 0 Å². The van der Waals surface area contributed by atoms with Crippen LogP contribution in [0.15, 0.2) is 6.33 Å². The van der Waals surface area contributed by atoms with Crippen LogP contribution in [0.1, 0.15) is 51.0 Å². The van der Waals surface area contributed by atoms with E-state index in [4.69, 9.17) is 0 Å². The largest absolute Gasteiger partial charge is 0.351 e. The second-order valence-electron chi connectivity index (χ2n) is 7.58. The fourth-order valence-electron chi connectivity index (χ4n) is 4.67.